The number of nitrogens with two attached hydrogens (primary N) is 1. The van der Waals surface area contributed by atoms with E-state index < -0.39 is 0 Å². The zero-order chi connectivity index (χ0) is 13.8. The van der Waals surface area contributed by atoms with Crippen LogP contribution in [0.25, 0.3) is 0 Å². The topological polar surface area (TPSA) is 68.0 Å². The van der Waals surface area contributed by atoms with Crippen LogP contribution in [0.5, 0.6) is 0 Å². The van der Waals surface area contributed by atoms with Crippen molar-refractivity contribution in [2.45, 2.75) is 6.92 Å². The van der Waals surface area contributed by atoms with Crippen LogP contribution in [0.1, 0.15) is 21.5 Å². The predicted octanol–water partition coefficient (Wildman–Crippen LogP) is 2.28. The molecule has 3 N–H and O–H groups in total. The molecule has 2 aromatic rings. The van der Waals surface area contributed by atoms with E-state index in [-0.39, 0.29) is 5.91 Å². The summed E-state index contributed by atoms with van der Waals surface area (Å²) in [5.74, 6) is 0.316. The maximum atomic E-state index is 12.0. The first-order valence-corrected chi connectivity index (χ1v) is 6.11. The van der Waals surface area contributed by atoms with E-state index in [1.165, 1.54) is 0 Å². The maximum absolute atomic E-state index is 12.0. The van der Waals surface area contributed by atoms with Gasteiger partial charge in [0, 0.05) is 17.3 Å². The second-order valence-corrected chi connectivity index (χ2v) is 4.55. The van der Waals surface area contributed by atoms with E-state index in [1.807, 2.05) is 13.0 Å². The molecule has 1 amide bonds. The highest BCUT2D eigenvalue weighted by Crippen LogP contribution is 2.09. The molecule has 0 saturated carbocycles. The van der Waals surface area contributed by atoms with E-state index in [0.717, 1.165) is 11.1 Å². The van der Waals surface area contributed by atoms with Crippen LogP contribution in [-0.2, 0) is 0 Å². The maximum Gasteiger partial charge on any atom is 0.256 e. The Morgan fingerprint density at radius 1 is 1.21 bits per heavy atom. The number of pyridine rings is 1. The van der Waals surface area contributed by atoms with Crippen molar-refractivity contribution in [3.63, 3.8) is 0 Å². The Kier molecular flexibility index (Phi) is 3.87. The molecule has 96 valence electrons. The number of nitrogens with zero attached hydrogens (tertiary/aromatic N) is 1. The largest absolute Gasteiger partial charge is 0.389 e. The van der Waals surface area contributed by atoms with Gasteiger partial charge in [0.25, 0.3) is 5.91 Å². The molecule has 0 radical (unpaired) electrons. The number of anilines is 1. The SMILES string of the molecule is Cc1ccnc(NC(=O)c2ccc(C(N)=S)cc2)c1. The summed E-state index contributed by atoms with van der Waals surface area (Å²) >= 11 is 4.86. The molecule has 2 rings (SSSR count). The lowest BCUT2D eigenvalue weighted by molar-refractivity contribution is 0.102. The quantitative estimate of drug-likeness (QED) is 0.840. The normalized spacial score (nSPS) is 9.95. The number of hydrogen-bond donors (Lipinski definition) is 2. The lowest BCUT2D eigenvalue weighted by Crippen LogP contribution is -2.14. The van der Waals surface area contributed by atoms with Crippen LogP contribution in [0.2, 0.25) is 0 Å². The lowest BCUT2D eigenvalue weighted by atomic mass is 10.1. The van der Waals surface area contributed by atoms with Crippen LogP contribution in [0.15, 0.2) is 42.6 Å². The summed E-state index contributed by atoms with van der Waals surface area (Å²) < 4.78 is 0. The van der Waals surface area contributed by atoms with E-state index in [2.05, 4.69) is 10.3 Å². The summed E-state index contributed by atoms with van der Waals surface area (Å²) in [6.07, 6.45) is 1.65. The van der Waals surface area contributed by atoms with E-state index in [1.54, 1.807) is 36.5 Å². The van der Waals surface area contributed by atoms with Crippen LogP contribution < -0.4 is 11.1 Å². The molecule has 0 unspecified atom stereocenters. The highest BCUT2D eigenvalue weighted by Gasteiger charge is 2.07. The Morgan fingerprint density at radius 2 is 1.84 bits per heavy atom. The van der Waals surface area contributed by atoms with Crippen molar-refractivity contribution in [1.82, 2.24) is 4.98 Å². The minimum atomic E-state index is -0.215. The third kappa shape index (κ3) is 3.35. The van der Waals surface area contributed by atoms with Crippen LogP contribution in [0, 0.1) is 6.92 Å². The van der Waals surface area contributed by atoms with Gasteiger partial charge in [0.1, 0.15) is 10.8 Å². The molecule has 0 aliphatic heterocycles. The number of hydrogen-bond acceptors (Lipinski definition) is 3. The van der Waals surface area contributed by atoms with Crippen molar-refractivity contribution in [3.05, 3.63) is 59.3 Å². The van der Waals surface area contributed by atoms with E-state index in [9.17, 15) is 4.79 Å². The minimum Gasteiger partial charge on any atom is -0.389 e. The van der Waals surface area contributed by atoms with Crippen molar-refractivity contribution in [2.24, 2.45) is 5.73 Å². The number of rotatable bonds is 3. The number of nitrogens with one attached hydrogen (secondary N) is 1. The zero-order valence-corrected chi connectivity index (χ0v) is 11.2. The third-order valence-electron chi connectivity index (χ3n) is 2.59. The summed E-state index contributed by atoms with van der Waals surface area (Å²) in [6, 6.07) is 10.5. The van der Waals surface area contributed by atoms with Gasteiger partial charge in [-0.2, -0.15) is 0 Å². The van der Waals surface area contributed by atoms with Gasteiger partial charge in [-0.15, -0.1) is 0 Å². The highest BCUT2D eigenvalue weighted by molar-refractivity contribution is 7.80. The molecule has 5 heteroatoms. The van der Waals surface area contributed by atoms with Gasteiger partial charge in [0.2, 0.25) is 0 Å². The van der Waals surface area contributed by atoms with Gasteiger partial charge in [-0.05, 0) is 36.8 Å². The summed E-state index contributed by atoms with van der Waals surface area (Å²) in [4.78, 5) is 16.4. The summed E-state index contributed by atoms with van der Waals surface area (Å²) in [6.45, 7) is 1.94. The first-order valence-electron chi connectivity index (χ1n) is 5.70. The molecule has 1 aromatic carbocycles. The van der Waals surface area contributed by atoms with E-state index in [0.29, 0.717) is 16.4 Å². The predicted molar refractivity (Wildman–Crippen MR) is 79.3 cm³/mol. The fraction of sp³-hybridized carbons (Fsp3) is 0.0714. The van der Waals surface area contributed by atoms with Gasteiger partial charge >= 0.3 is 0 Å². The number of aromatic nitrogens is 1. The van der Waals surface area contributed by atoms with Gasteiger partial charge in [0.15, 0.2) is 0 Å². The average Bonchev–Trinajstić information content (AvgIpc) is 2.39. The molecule has 0 aliphatic carbocycles. The summed E-state index contributed by atoms with van der Waals surface area (Å²) in [5.41, 5.74) is 7.80. The lowest BCUT2D eigenvalue weighted by Gasteiger charge is -2.05. The highest BCUT2D eigenvalue weighted by atomic mass is 32.1. The molecule has 0 fully saturated rings. The van der Waals surface area contributed by atoms with Crippen molar-refractivity contribution in [1.29, 1.82) is 0 Å². The van der Waals surface area contributed by atoms with Crippen LogP contribution >= 0.6 is 12.2 Å². The van der Waals surface area contributed by atoms with Gasteiger partial charge in [-0.1, -0.05) is 24.4 Å². The Bertz CT molecular complexity index is 623. The molecule has 1 heterocycles. The first kappa shape index (κ1) is 13.2. The Balaban J connectivity index is 2.14. The van der Waals surface area contributed by atoms with Crippen LogP contribution in [0.3, 0.4) is 0 Å². The average molecular weight is 271 g/mol. The van der Waals surface area contributed by atoms with Crippen molar-refractivity contribution >= 4 is 28.9 Å². The van der Waals surface area contributed by atoms with Crippen molar-refractivity contribution in [2.75, 3.05) is 5.32 Å². The Labute approximate surface area is 116 Å². The van der Waals surface area contributed by atoms with Crippen LogP contribution in [-0.4, -0.2) is 15.9 Å². The number of carbonyl (C=O) groups excluding carboxylic acids is 1. The minimum absolute atomic E-state index is 0.215. The smallest absolute Gasteiger partial charge is 0.256 e. The van der Waals surface area contributed by atoms with Gasteiger partial charge in [-0.25, -0.2) is 4.98 Å². The molecule has 0 atom stereocenters. The monoisotopic (exact) mass is 271 g/mol. The molecule has 0 aliphatic rings. The van der Waals surface area contributed by atoms with Crippen molar-refractivity contribution in [3.8, 4) is 0 Å². The number of thiocarbonyl (C=S) groups is 1. The van der Waals surface area contributed by atoms with E-state index in [4.69, 9.17) is 18.0 Å². The first-order chi connectivity index (χ1) is 9.06. The number of benzene rings is 1. The summed E-state index contributed by atoms with van der Waals surface area (Å²) in [5, 5.41) is 2.73. The van der Waals surface area contributed by atoms with Gasteiger partial charge in [0.05, 0.1) is 0 Å². The number of carbonyl (C=O) groups is 1. The standard InChI is InChI=1S/C14H13N3OS/c1-9-6-7-16-12(8-9)17-14(18)11-4-2-10(3-5-11)13(15)19/h2-8H,1H3,(H2,15,19)(H,16,17,18). The number of amides is 1. The molecule has 0 spiro atoms. The fourth-order valence-corrected chi connectivity index (χ4v) is 1.71. The number of aryl methyl sites for hydroxylation is 1. The van der Waals surface area contributed by atoms with Gasteiger partial charge in [-0.3, -0.25) is 4.79 Å². The molecule has 19 heavy (non-hydrogen) atoms. The Hall–Kier alpha value is -2.27. The second kappa shape index (κ2) is 5.58. The molecular weight excluding hydrogens is 258 g/mol. The Morgan fingerprint density at radius 3 is 2.42 bits per heavy atom. The summed E-state index contributed by atoms with van der Waals surface area (Å²) in [7, 11) is 0. The third-order valence-corrected chi connectivity index (χ3v) is 2.82. The molecule has 4 nitrogen and oxygen atoms in total. The molecular formula is C14H13N3OS. The molecule has 0 bridgehead atoms. The fourth-order valence-electron chi connectivity index (χ4n) is 1.58. The van der Waals surface area contributed by atoms with E-state index >= 15 is 0 Å². The van der Waals surface area contributed by atoms with Crippen molar-refractivity contribution < 1.29 is 4.79 Å². The van der Waals surface area contributed by atoms with Crippen LogP contribution in [0.4, 0.5) is 5.82 Å². The second-order valence-electron chi connectivity index (χ2n) is 4.11. The zero-order valence-electron chi connectivity index (χ0n) is 10.4. The molecule has 1 aromatic heterocycles. The molecule has 0 saturated heterocycles. The van der Waals surface area contributed by atoms with Gasteiger partial charge < -0.3 is 11.1 Å².